The number of esters is 1. The van der Waals surface area contributed by atoms with Crippen molar-refractivity contribution in [1.29, 1.82) is 0 Å². The molecule has 0 saturated heterocycles. The standard InChI is InChI=1S/C12H23NO6S/c1-9(12(15)19-4)8-20(16,17)10(2)11(14)13-6-5-7-18-3/h9-10H,5-8H2,1-4H3,(H,13,14). The van der Waals surface area contributed by atoms with Crippen LogP contribution in [0.1, 0.15) is 20.3 Å². The molecule has 2 atom stereocenters. The Hall–Kier alpha value is -1.15. The number of hydrogen-bond donors (Lipinski definition) is 1. The quantitative estimate of drug-likeness (QED) is 0.466. The number of rotatable bonds is 9. The van der Waals surface area contributed by atoms with Gasteiger partial charge in [0.25, 0.3) is 0 Å². The summed E-state index contributed by atoms with van der Waals surface area (Å²) in [5, 5.41) is 1.33. The van der Waals surface area contributed by atoms with Gasteiger partial charge < -0.3 is 14.8 Å². The molecule has 0 saturated carbocycles. The van der Waals surface area contributed by atoms with Crippen molar-refractivity contribution >= 4 is 21.7 Å². The second kappa shape index (κ2) is 8.91. The molecule has 2 unspecified atom stereocenters. The summed E-state index contributed by atoms with van der Waals surface area (Å²) in [5.41, 5.74) is 0. The molecule has 0 rings (SSSR count). The lowest BCUT2D eigenvalue weighted by molar-refractivity contribution is -0.144. The first-order chi connectivity index (χ1) is 9.26. The van der Waals surface area contributed by atoms with Gasteiger partial charge in [0.05, 0.1) is 18.8 Å². The minimum absolute atomic E-state index is 0.346. The van der Waals surface area contributed by atoms with Gasteiger partial charge in [-0.05, 0) is 13.3 Å². The average Bonchev–Trinajstić information content (AvgIpc) is 2.40. The largest absolute Gasteiger partial charge is 0.469 e. The molecule has 8 heteroatoms. The molecule has 0 spiro atoms. The van der Waals surface area contributed by atoms with Crippen LogP contribution in [0.3, 0.4) is 0 Å². The van der Waals surface area contributed by atoms with Crippen LogP contribution in [0.2, 0.25) is 0 Å². The van der Waals surface area contributed by atoms with E-state index >= 15 is 0 Å². The van der Waals surface area contributed by atoms with Crippen molar-refractivity contribution in [1.82, 2.24) is 5.32 Å². The van der Waals surface area contributed by atoms with Gasteiger partial charge in [-0.3, -0.25) is 9.59 Å². The van der Waals surface area contributed by atoms with Gasteiger partial charge in [0.2, 0.25) is 5.91 Å². The van der Waals surface area contributed by atoms with Gasteiger partial charge in [-0.25, -0.2) is 8.42 Å². The van der Waals surface area contributed by atoms with Crippen LogP contribution in [-0.2, 0) is 28.9 Å². The molecule has 1 amide bonds. The first kappa shape index (κ1) is 18.9. The molecule has 0 aromatic heterocycles. The van der Waals surface area contributed by atoms with Crippen LogP contribution < -0.4 is 5.32 Å². The van der Waals surface area contributed by atoms with Crippen molar-refractivity contribution in [3.8, 4) is 0 Å². The van der Waals surface area contributed by atoms with E-state index in [9.17, 15) is 18.0 Å². The summed E-state index contributed by atoms with van der Waals surface area (Å²) >= 11 is 0. The number of sulfone groups is 1. The molecule has 0 heterocycles. The monoisotopic (exact) mass is 309 g/mol. The third-order valence-electron chi connectivity index (χ3n) is 2.82. The molecule has 0 fully saturated rings. The number of hydrogen-bond acceptors (Lipinski definition) is 6. The molecule has 20 heavy (non-hydrogen) atoms. The lowest BCUT2D eigenvalue weighted by atomic mass is 10.2. The Morgan fingerprint density at radius 2 is 1.80 bits per heavy atom. The molecule has 0 aliphatic heterocycles. The minimum Gasteiger partial charge on any atom is -0.469 e. The van der Waals surface area contributed by atoms with Gasteiger partial charge in [-0.1, -0.05) is 6.92 Å². The van der Waals surface area contributed by atoms with Gasteiger partial charge in [-0.2, -0.15) is 0 Å². The van der Waals surface area contributed by atoms with E-state index in [0.29, 0.717) is 19.6 Å². The highest BCUT2D eigenvalue weighted by Crippen LogP contribution is 2.09. The van der Waals surface area contributed by atoms with Crippen LogP contribution in [0.15, 0.2) is 0 Å². The molecule has 0 aliphatic rings. The van der Waals surface area contributed by atoms with Crippen molar-refractivity contribution in [2.75, 3.05) is 33.1 Å². The smallest absolute Gasteiger partial charge is 0.309 e. The number of ether oxygens (including phenoxy) is 2. The normalized spacial score (nSPS) is 14.4. The molecule has 7 nitrogen and oxygen atoms in total. The second-order valence-electron chi connectivity index (χ2n) is 4.53. The third-order valence-corrected chi connectivity index (χ3v) is 5.07. The number of nitrogens with one attached hydrogen (secondary N) is 1. The molecule has 118 valence electrons. The lowest BCUT2D eigenvalue weighted by Gasteiger charge is -2.15. The first-order valence-corrected chi connectivity index (χ1v) is 8.03. The van der Waals surface area contributed by atoms with Crippen LogP contribution >= 0.6 is 0 Å². The van der Waals surface area contributed by atoms with Crippen molar-refractivity contribution < 1.29 is 27.5 Å². The highest BCUT2D eigenvalue weighted by molar-refractivity contribution is 7.92. The second-order valence-corrected chi connectivity index (χ2v) is 6.90. The van der Waals surface area contributed by atoms with Crippen LogP contribution in [0.25, 0.3) is 0 Å². The SMILES string of the molecule is COCCCNC(=O)C(C)S(=O)(=O)CC(C)C(=O)OC. The Bertz CT molecular complexity index is 420. The minimum atomic E-state index is -3.70. The van der Waals surface area contributed by atoms with Crippen molar-refractivity contribution in [2.24, 2.45) is 5.92 Å². The fourth-order valence-corrected chi connectivity index (χ4v) is 3.03. The van der Waals surface area contributed by atoms with Gasteiger partial charge in [-0.15, -0.1) is 0 Å². The van der Waals surface area contributed by atoms with Crippen LogP contribution in [0.4, 0.5) is 0 Å². The van der Waals surface area contributed by atoms with E-state index in [4.69, 9.17) is 4.74 Å². The Morgan fingerprint density at radius 1 is 1.20 bits per heavy atom. The predicted molar refractivity (Wildman–Crippen MR) is 73.9 cm³/mol. The number of amides is 1. The summed E-state index contributed by atoms with van der Waals surface area (Å²) < 4.78 is 33.3. The predicted octanol–water partition coefficient (Wildman–Crippen LogP) is -0.248. The molecular weight excluding hydrogens is 286 g/mol. The van der Waals surface area contributed by atoms with E-state index in [0.717, 1.165) is 0 Å². The van der Waals surface area contributed by atoms with Gasteiger partial charge in [0, 0.05) is 20.3 Å². The fraction of sp³-hybridized carbons (Fsp3) is 0.833. The highest BCUT2D eigenvalue weighted by atomic mass is 32.2. The number of carbonyl (C=O) groups excluding carboxylic acids is 2. The Labute approximate surface area is 119 Å². The van der Waals surface area contributed by atoms with Crippen LogP contribution in [0, 0.1) is 5.92 Å². The molecule has 0 bridgehead atoms. The van der Waals surface area contributed by atoms with E-state index in [-0.39, 0.29) is 0 Å². The maximum absolute atomic E-state index is 12.0. The first-order valence-electron chi connectivity index (χ1n) is 6.32. The maximum atomic E-state index is 12.0. The fourth-order valence-electron chi connectivity index (χ4n) is 1.50. The van der Waals surface area contributed by atoms with E-state index in [1.165, 1.54) is 21.0 Å². The summed E-state index contributed by atoms with van der Waals surface area (Å²) in [6, 6.07) is 0. The third kappa shape index (κ3) is 6.33. The Morgan fingerprint density at radius 3 is 2.30 bits per heavy atom. The summed E-state index contributed by atoms with van der Waals surface area (Å²) in [6.07, 6.45) is 0.605. The van der Waals surface area contributed by atoms with Crippen LogP contribution in [0.5, 0.6) is 0 Å². The van der Waals surface area contributed by atoms with E-state index < -0.39 is 38.6 Å². The average molecular weight is 309 g/mol. The zero-order valence-corrected chi connectivity index (χ0v) is 13.2. The summed E-state index contributed by atoms with van der Waals surface area (Å²) in [4.78, 5) is 23.0. The van der Waals surface area contributed by atoms with E-state index in [1.807, 2.05) is 0 Å². The molecule has 0 aliphatic carbocycles. The topological polar surface area (TPSA) is 98.8 Å². The Kier molecular flexibility index (Phi) is 8.40. The number of methoxy groups -OCH3 is 2. The summed E-state index contributed by atoms with van der Waals surface area (Å²) in [5.74, 6) is -2.39. The maximum Gasteiger partial charge on any atom is 0.309 e. The van der Waals surface area contributed by atoms with Gasteiger partial charge in [0.15, 0.2) is 9.84 Å². The van der Waals surface area contributed by atoms with Crippen molar-refractivity contribution in [3.05, 3.63) is 0 Å². The molecular formula is C12H23NO6S. The Balaban J connectivity index is 4.46. The summed E-state index contributed by atoms with van der Waals surface area (Å²) in [7, 11) is -0.964. The zero-order valence-electron chi connectivity index (χ0n) is 12.3. The molecule has 0 aromatic carbocycles. The molecule has 0 radical (unpaired) electrons. The number of carbonyl (C=O) groups is 2. The van der Waals surface area contributed by atoms with Crippen LogP contribution in [-0.4, -0.2) is 58.7 Å². The van der Waals surface area contributed by atoms with Gasteiger partial charge in [0.1, 0.15) is 5.25 Å². The highest BCUT2D eigenvalue weighted by Gasteiger charge is 2.31. The molecule has 0 aromatic rings. The van der Waals surface area contributed by atoms with E-state index in [2.05, 4.69) is 10.1 Å². The van der Waals surface area contributed by atoms with Crippen molar-refractivity contribution in [3.63, 3.8) is 0 Å². The lowest BCUT2D eigenvalue weighted by Crippen LogP contribution is -2.41. The van der Waals surface area contributed by atoms with E-state index in [1.54, 1.807) is 7.11 Å². The molecule has 1 N–H and O–H groups in total. The van der Waals surface area contributed by atoms with Crippen molar-refractivity contribution in [2.45, 2.75) is 25.5 Å². The van der Waals surface area contributed by atoms with Gasteiger partial charge >= 0.3 is 5.97 Å². The summed E-state index contributed by atoms with van der Waals surface area (Å²) in [6.45, 7) is 3.59. The zero-order chi connectivity index (χ0) is 15.8.